The zero-order valence-electron chi connectivity index (χ0n) is 13.0. The maximum Gasteiger partial charge on any atom is 0.343 e. The lowest BCUT2D eigenvalue weighted by molar-refractivity contribution is 0.0693. The number of aryl methyl sites for hydroxylation is 2. The van der Waals surface area contributed by atoms with Gasteiger partial charge in [0.05, 0.1) is 5.69 Å². The maximum absolute atomic E-state index is 11.3. The minimum absolute atomic E-state index is 0.00261. The summed E-state index contributed by atoms with van der Waals surface area (Å²) in [6.45, 7) is 8.00. The van der Waals surface area contributed by atoms with Crippen LogP contribution in [0.2, 0.25) is 0 Å². The first-order valence-corrected chi connectivity index (χ1v) is 6.75. The number of hydrogen-bond donors (Lipinski definition) is 1. The second-order valence-corrected chi connectivity index (χ2v) is 6.07. The standard InChI is InChI=1S/C16H20N2O3/c1-10-13(15(19)20)14(18(5)17-10)21-12-8-6-7-11(9-12)16(2,3)4/h6-9H,1-5H3,(H,19,20). The van der Waals surface area contributed by atoms with Crippen LogP contribution < -0.4 is 4.74 Å². The van der Waals surface area contributed by atoms with Crippen molar-refractivity contribution in [2.24, 2.45) is 7.05 Å². The molecule has 1 heterocycles. The van der Waals surface area contributed by atoms with Gasteiger partial charge in [0.1, 0.15) is 11.3 Å². The first kappa shape index (κ1) is 15.1. The normalized spacial score (nSPS) is 11.5. The Labute approximate surface area is 124 Å². The molecule has 0 fully saturated rings. The van der Waals surface area contributed by atoms with Gasteiger partial charge in [-0.2, -0.15) is 5.10 Å². The quantitative estimate of drug-likeness (QED) is 0.938. The largest absolute Gasteiger partial charge is 0.477 e. The van der Waals surface area contributed by atoms with Gasteiger partial charge in [-0.25, -0.2) is 9.48 Å². The average molecular weight is 288 g/mol. The Balaban J connectivity index is 2.42. The van der Waals surface area contributed by atoms with Crippen LogP contribution in [0.25, 0.3) is 0 Å². The summed E-state index contributed by atoms with van der Waals surface area (Å²) in [7, 11) is 1.67. The Kier molecular flexibility index (Phi) is 3.77. The summed E-state index contributed by atoms with van der Waals surface area (Å²) >= 11 is 0. The van der Waals surface area contributed by atoms with E-state index in [0.717, 1.165) is 5.56 Å². The molecule has 0 saturated carbocycles. The molecule has 5 nitrogen and oxygen atoms in total. The van der Waals surface area contributed by atoms with Crippen molar-refractivity contribution in [2.45, 2.75) is 33.1 Å². The van der Waals surface area contributed by atoms with Crippen LogP contribution in [-0.2, 0) is 12.5 Å². The second-order valence-electron chi connectivity index (χ2n) is 6.07. The molecule has 2 rings (SSSR count). The summed E-state index contributed by atoms with van der Waals surface area (Å²) in [4.78, 5) is 11.3. The molecule has 0 atom stereocenters. The fraction of sp³-hybridized carbons (Fsp3) is 0.375. The Hall–Kier alpha value is -2.30. The predicted octanol–water partition coefficient (Wildman–Crippen LogP) is 3.52. The Bertz CT molecular complexity index is 681. The highest BCUT2D eigenvalue weighted by molar-refractivity contribution is 5.91. The van der Waals surface area contributed by atoms with Crippen molar-refractivity contribution in [3.05, 3.63) is 41.1 Å². The fourth-order valence-electron chi connectivity index (χ4n) is 2.14. The average Bonchev–Trinajstić information content (AvgIpc) is 2.63. The lowest BCUT2D eigenvalue weighted by Crippen LogP contribution is -2.11. The van der Waals surface area contributed by atoms with Gasteiger partial charge >= 0.3 is 5.97 Å². The molecule has 0 radical (unpaired) electrons. The molecular weight excluding hydrogens is 268 g/mol. The molecule has 21 heavy (non-hydrogen) atoms. The van der Waals surface area contributed by atoms with E-state index in [-0.39, 0.29) is 16.9 Å². The summed E-state index contributed by atoms with van der Waals surface area (Å²) in [6, 6.07) is 7.66. The number of aromatic carboxylic acids is 1. The molecule has 1 aromatic carbocycles. The van der Waals surface area contributed by atoms with Crippen LogP contribution in [0.5, 0.6) is 11.6 Å². The van der Waals surface area contributed by atoms with Crippen LogP contribution in [0.1, 0.15) is 42.4 Å². The van der Waals surface area contributed by atoms with Crippen molar-refractivity contribution in [3.63, 3.8) is 0 Å². The van der Waals surface area contributed by atoms with E-state index < -0.39 is 5.97 Å². The van der Waals surface area contributed by atoms with E-state index >= 15 is 0 Å². The molecule has 2 aromatic rings. The van der Waals surface area contributed by atoms with E-state index in [4.69, 9.17) is 4.74 Å². The van der Waals surface area contributed by atoms with Crippen LogP contribution >= 0.6 is 0 Å². The van der Waals surface area contributed by atoms with Crippen LogP contribution in [0.3, 0.4) is 0 Å². The second kappa shape index (κ2) is 5.24. The number of nitrogens with zero attached hydrogens (tertiary/aromatic N) is 2. The molecule has 0 bridgehead atoms. The van der Waals surface area contributed by atoms with Gasteiger partial charge in [0.15, 0.2) is 0 Å². The highest BCUT2D eigenvalue weighted by atomic mass is 16.5. The molecule has 0 aliphatic rings. The van der Waals surface area contributed by atoms with Gasteiger partial charge in [-0.3, -0.25) is 0 Å². The van der Waals surface area contributed by atoms with Gasteiger partial charge in [0.25, 0.3) is 0 Å². The minimum atomic E-state index is -1.04. The molecule has 1 N–H and O–H groups in total. The van der Waals surface area contributed by atoms with Crippen molar-refractivity contribution in [2.75, 3.05) is 0 Å². The fourth-order valence-corrected chi connectivity index (χ4v) is 2.14. The molecule has 0 amide bonds. The van der Waals surface area contributed by atoms with Crippen LogP contribution in [0.15, 0.2) is 24.3 Å². The van der Waals surface area contributed by atoms with E-state index in [1.165, 1.54) is 4.68 Å². The lowest BCUT2D eigenvalue weighted by Gasteiger charge is -2.19. The van der Waals surface area contributed by atoms with E-state index in [2.05, 4.69) is 25.9 Å². The van der Waals surface area contributed by atoms with E-state index in [1.54, 1.807) is 14.0 Å². The zero-order chi connectivity index (χ0) is 15.8. The Morgan fingerprint density at radius 2 is 2.00 bits per heavy atom. The summed E-state index contributed by atoms with van der Waals surface area (Å²) in [6.07, 6.45) is 0. The van der Waals surface area contributed by atoms with Crippen LogP contribution in [0, 0.1) is 6.92 Å². The van der Waals surface area contributed by atoms with E-state index in [1.807, 2.05) is 24.3 Å². The van der Waals surface area contributed by atoms with Crippen molar-refractivity contribution < 1.29 is 14.6 Å². The SMILES string of the molecule is Cc1nn(C)c(Oc2cccc(C(C)(C)C)c2)c1C(=O)O. The molecule has 0 aliphatic heterocycles. The summed E-state index contributed by atoms with van der Waals surface area (Å²) < 4.78 is 7.22. The van der Waals surface area contributed by atoms with Crippen molar-refractivity contribution in [3.8, 4) is 11.6 Å². The maximum atomic E-state index is 11.3. The van der Waals surface area contributed by atoms with Crippen molar-refractivity contribution >= 4 is 5.97 Å². The third-order valence-electron chi connectivity index (χ3n) is 3.30. The Morgan fingerprint density at radius 1 is 1.33 bits per heavy atom. The summed E-state index contributed by atoms with van der Waals surface area (Å²) in [5.41, 5.74) is 1.65. The zero-order valence-corrected chi connectivity index (χ0v) is 13.0. The number of hydrogen-bond acceptors (Lipinski definition) is 3. The van der Waals surface area contributed by atoms with Gasteiger partial charge in [-0.1, -0.05) is 32.9 Å². The van der Waals surface area contributed by atoms with E-state index in [9.17, 15) is 9.90 Å². The number of aromatic nitrogens is 2. The number of benzene rings is 1. The van der Waals surface area contributed by atoms with Crippen molar-refractivity contribution in [1.82, 2.24) is 9.78 Å². The molecule has 0 spiro atoms. The Morgan fingerprint density at radius 3 is 2.57 bits per heavy atom. The third-order valence-corrected chi connectivity index (χ3v) is 3.30. The molecule has 0 aliphatic carbocycles. The number of rotatable bonds is 3. The molecular formula is C16H20N2O3. The summed E-state index contributed by atoms with van der Waals surface area (Å²) in [5, 5.41) is 13.4. The first-order valence-electron chi connectivity index (χ1n) is 6.75. The van der Waals surface area contributed by atoms with Gasteiger partial charge in [-0.05, 0) is 30.0 Å². The van der Waals surface area contributed by atoms with Gasteiger partial charge in [0.2, 0.25) is 5.88 Å². The van der Waals surface area contributed by atoms with Gasteiger partial charge in [0, 0.05) is 7.05 Å². The molecule has 0 saturated heterocycles. The molecule has 0 unspecified atom stereocenters. The smallest absolute Gasteiger partial charge is 0.343 e. The van der Waals surface area contributed by atoms with E-state index in [0.29, 0.717) is 11.4 Å². The topological polar surface area (TPSA) is 64.4 Å². The molecule has 112 valence electrons. The molecule has 5 heteroatoms. The highest BCUT2D eigenvalue weighted by Gasteiger charge is 2.22. The number of carbonyl (C=O) groups is 1. The monoisotopic (exact) mass is 288 g/mol. The number of ether oxygens (including phenoxy) is 1. The van der Waals surface area contributed by atoms with Gasteiger partial charge in [-0.15, -0.1) is 0 Å². The lowest BCUT2D eigenvalue weighted by atomic mass is 9.87. The van der Waals surface area contributed by atoms with Gasteiger partial charge < -0.3 is 9.84 Å². The summed E-state index contributed by atoms with van der Waals surface area (Å²) in [5.74, 6) is -0.193. The number of carboxylic acids is 1. The predicted molar refractivity (Wildman–Crippen MR) is 80.1 cm³/mol. The molecule has 1 aromatic heterocycles. The van der Waals surface area contributed by atoms with Crippen LogP contribution in [0.4, 0.5) is 0 Å². The highest BCUT2D eigenvalue weighted by Crippen LogP contribution is 2.30. The third kappa shape index (κ3) is 3.07. The van der Waals surface area contributed by atoms with Crippen LogP contribution in [-0.4, -0.2) is 20.9 Å². The minimum Gasteiger partial charge on any atom is -0.477 e. The van der Waals surface area contributed by atoms with Crippen molar-refractivity contribution in [1.29, 1.82) is 0 Å². The first-order chi connectivity index (χ1) is 9.70. The number of carboxylic acid groups (broad SMARTS) is 1.